The number of hydrogen-bond donors (Lipinski definition) is 1. The van der Waals surface area contributed by atoms with E-state index in [1.165, 1.54) is 11.6 Å². The Balaban J connectivity index is 1.96. The average molecular weight is 245 g/mol. The molecule has 0 aliphatic carbocycles. The van der Waals surface area contributed by atoms with Gasteiger partial charge in [-0.1, -0.05) is 36.4 Å². The van der Waals surface area contributed by atoms with Crippen LogP contribution >= 0.6 is 0 Å². The number of benzene rings is 2. The molecule has 0 heterocycles. The molecule has 0 atom stereocenters. The third kappa shape index (κ3) is 3.31. The molecule has 1 N–H and O–H groups in total. The van der Waals surface area contributed by atoms with Crippen molar-refractivity contribution in [2.24, 2.45) is 0 Å². The second-order valence-electron chi connectivity index (χ2n) is 4.07. The maximum absolute atomic E-state index is 13.3. The average Bonchev–Trinajstić information content (AvgIpc) is 2.40. The fourth-order valence-corrected chi connectivity index (χ4v) is 1.68. The van der Waals surface area contributed by atoms with Gasteiger partial charge in [0.2, 0.25) is 0 Å². The number of halogens is 1. The first-order valence-corrected chi connectivity index (χ1v) is 5.89. The molecule has 0 fully saturated rings. The summed E-state index contributed by atoms with van der Waals surface area (Å²) in [5, 5.41) is 3.09. The fraction of sp³-hybridized carbons (Fsp3) is 0.200. The molecule has 2 aromatic carbocycles. The topological polar surface area (TPSA) is 21.3 Å². The number of para-hydroxylation sites is 1. The van der Waals surface area contributed by atoms with E-state index in [0.29, 0.717) is 6.61 Å². The number of rotatable bonds is 5. The van der Waals surface area contributed by atoms with E-state index in [2.05, 4.69) is 5.32 Å². The molecule has 18 heavy (non-hydrogen) atoms. The predicted molar refractivity (Wildman–Crippen MR) is 69.9 cm³/mol. The van der Waals surface area contributed by atoms with Gasteiger partial charge in [-0.15, -0.1) is 0 Å². The lowest BCUT2D eigenvalue weighted by Gasteiger charge is -2.07. The molecule has 0 aliphatic heterocycles. The van der Waals surface area contributed by atoms with Gasteiger partial charge in [-0.05, 0) is 30.3 Å². The van der Waals surface area contributed by atoms with Crippen molar-refractivity contribution in [1.29, 1.82) is 0 Å². The Bertz CT molecular complexity index is 496. The van der Waals surface area contributed by atoms with Crippen LogP contribution in [0.3, 0.4) is 0 Å². The molecule has 0 saturated heterocycles. The van der Waals surface area contributed by atoms with Crippen molar-refractivity contribution in [1.82, 2.24) is 5.32 Å². The van der Waals surface area contributed by atoms with Crippen molar-refractivity contribution in [2.45, 2.75) is 13.2 Å². The third-order valence-electron chi connectivity index (χ3n) is 2.63. The molecular formula is C15H16FNO. The molecule has 94 valence electrons. The summed E-state index contributed by atoms with van der Waals surface area (Å²) in [4.78, 5) is 0. The summed E-state index contributed by atoms with van der Waals surface area (Å²) in [6, 6.07) is 14.5. The molecule has 0 unspecified atom stereocenters. The molecular weight excluding hydrogens is 229 g/mol. The van der Waals surface area contributed by atoms with Crippen LogP contribution in [0.4, 0.5) is 4.39 Å². The minimum Gasteiger partial charge on any atom is -0.486 e. The molecule has 2 nitrogen and oxygen atoms in total. The summed E-state index contributed by atoms with van der Waals surface area (Å²) in [5.74, 6) is -0.0406. The standard InChI is InChI=1S/C15H16FNO/c1-17-10-12-6-8-13(9-7-12)11-18-15-5-3-2-4-14(15)16/h2-9,17H,10-11H2,1H3. The lowest BCUT2D eigenvalue weighted by atomic mass is 10.1. The molecule has 0 spiro atoms. The molecule has 0 aliphatic rings. The zero-order valence-corrected chi connectivity index (χ0v) is 10.3. The van der Waals surface area contributed by atoms with Crippen LogP contribution in [0.5, 0.6) is 5.75 Å². The second-order valence-corrected chi connectivity index (χ2v) is 4.07. The summed E-state index contributed by atoms with van der Waals surface area (Å²) in [5.41, 5.74) is 2.24. The van der Waals surface area contributed by atoms with Gasteiger partial charge in [0.05, 0.1) is 0 Å². The van der Waals surface area contributed by atoms with E-state index in [9.17, 15) is 4.39 Å². The lowest BCUT2D eigenvalue weighted by molar-refractivity contribution is 0.290. The fourth-order valence-electron chi connectivity index (χ4n) is 1.68. The van der Waals surface area contributed by atoms with Crippen molar-refractivity contribution in [3.8, 4) is 5.75 Å². The van der Waals surface area contributed by atoms with Gasteiger partial charge in [-0.2, -0.15) is 0 Å². The summed E-state index contributed by atoms with van der Waals surface area (Å²) in [6.07, 6.45) is 0. The Morgan fingerprint density at radius 1 is 1.00 bits per heavy atom. The highest BCUT2D eigenvalue weighted by Crippen LogP contribution is 2.17. The normalized spacial score (nSPS) is 10.3. The molecule has 2 rings (SSSR count). The Kier molecular flexibility index (Phi) is 4.31. The lowest BCUT2D eigenvalue weighted by Crippen LogP contribution is -2.05. The molecule has 0 radical (unpaired) electrons. The van der Waals surface area contributed by atoms with Crippen molar-refractivity contribution in [2.75, 3.05) is 7.05 Å². The van der Waals surface area contributed by atoms with Gasteiger partial charge in [0.15, 0.2) is 11.6 Å². The SMILES string of the molecule is CNCc1ccc(COc2ccccc2F)cc1. The Morgan fingerprint density at radius 3 is 2.33 bits per heavy atom. The summed E-state index contributed by atoms with van der Waals surface area (Å²) < 4.78 is 18.8. The van der Waals surface area contributed by atoms with Crippen LogP contribution in [-0.2, 0) is 13.2 Å². The van der Waals surface area contributed by atoms with E-state index in [1.807, 2.05) is 31.3 Å². The molecule has 0 amide bonds. The maximum atomic E-state index is 13.3. The van der Waals surface area contributed by atoms with Crippen molar-refractivity contribution >= 4 is 0 Å². The van der Waals surface area contributed by atoms with Crippen LogP contribution < -0.4 is 10.1 Å². The molecule has 0 bridgehead atoms. The Hall–Kier alpha value is -1.87. The summed E-state index contributed by atoms with van der Waals surface area (Å²) >= 11 is 0. The molecule has 0 aromatic heterocycles. The summed E-state index contributed by atoms with van der Waals surface area (Å²) in [6.45, 7) is 1.22. The largest absolute Gasteiger partial charge is 0.486 e. The quantitative estimate of drug-likeness (QED) is 0.873. The highest BCUT2D eigenvalue weighted by molar-refractivity contribution is 5.26. The number of nitrogens with one attached hydrogen (secondary N) is 1. The Labute approximate surface area is 106 Å². The van der Waals surface area contributed by atoms with E-state index in [-0.39, 0.29) is 11.6 Å². The number of ether oxygens (including phenoxy) is 1. The number of hydrogen-bond acceptors (Lipinski definition) is 2. The third-order valence-corrected chi connectivity index (χ3v) is 2.63. The van der Waals surface area contributed by atoms with Gasteiger partial charge in [0.1, 0.15) is 6.61 Å². The van der Waals surface area contributed by atoms with E-state index < -0.39 is 0 Å². The van der Waals surface area contributed by atoms with Gasteiger partial charge in [-0.3, -0.25) is 0 Å². The van der Waals surface area contributed by atoms with Crippen LogP contribution in [0.15, 0.2) is 48.5 Å². The van der Waals surface area contributed by atoms with Crippen LogP contribution in [0.2, 0.25) is 0 Å². The van der Waals surface area contributed by atoms with E-state index in [0.717, 1.165) is 12.1 Å². The van der Waals surface area contributed by atoms with Crippen LogP contribution in [0.25, 0.3) is 0 Å². The summed E-state index contributed by atoms with van der Waals surface area (Å²) in [7, 11) is 1.91. The minimum absolute atomic E-state index is 0.289. The zero-order valence-electron chi connectivity index (χ0n) is 10.3. The van der Waals surface area contributed by atoms with Crippen molar-refractivity contribution in [3.63, 3.8) is 0 Å². The first-order chi connectivity index (χ1) is 8.79. The van der Waals surface area contributed by atoms with Crippen LogP contribution in [0, 0.1) is 5.82 Å². The van der Waals surface area contributed by atoms with Crippen molar-refractivity contribution < 1.29 is 9.13 Å². The minimum atomic E-state index is -0.329. The van der Waals surface area contributed by atoms with E-state index in [4.69, 9.17) is 4.74 Å². The monoisotopic (exact) mass is 245 g/mol. The maximum Gasteiger partial charge on any atom is 0.165 e. The zero-order chi connectivity index (χ0) is 12.8. The second kappa shape index (κ2) is 6.17. The van der Waals surface area contributed by atoms with Crippen LogP contribution in [-0.4, -0.2) is 7.05 Å². The molecule has 2 aromatic rings. The Morgan fingerprint density at radius 2 is 1.67 bits per heavy atom. The first-order valence-electron chi connectivity index (χ1n) is 5.89. The van der Waals surface area contributed by atoms with Gasteiger partial charge in [-0.25, -0.2) is 4.39 Å². The molecule has 3 heteroatoms. The first kappa shape index (κ1) is 12.6. The smallest absolute Gasteiger partial charge is 0.165 e. The predicted octanol–water partition coefficient (Wildman–Crippen LogP) is 3.12. The highest BCUT2D eigenvalue weighted by atomic mass is 19.1. The van der Waals surface area contributed by atoms with Gasteiger partial charge in [0.25, 0.3) is 0 Å². The van der Waals surface area contributed by atoms with Gasteiger partial charge in [0, 0.05) is 6.54 Å². The van der Waals surface area contributed by atoms with Gasteiger partial charge < -0.3 is 10.1 Å². The van der Waals surface area contributed by atoms with Crippen LogP contribution in [0.1, 0.15) is 11.1 Å². The molecule has 0 saturated carbocycles. The highest BCUT2D eigenvalue weighted by Gasteiger charge is 2.01. The van der Waals surface area contributed by atoms with Crippen molar-refractivity contribution in [3.05, 3.63) is 65.5 Å². The van der Waals surface area contributed by atoms with E-state index >= 15 is 0 Å². The van der Waals surface area contributed by atoms with Gasteiger partial charge >= 0.3 is 0 Å². The van der Waals surface area contributed by atoms with E-state index in [1.54, 1.807) is 18.2 Å².